The summed E-state index contributed by atoms with van der Waals surface area (Å²) in [6.07, 6.45) is -4.57. The maximum absolute atomic E-state index is 12.8. The normalized spacial score (nSPS) is 31.9. The molecule has 1 aromatic carbocycles. The van der Waals surface area contributed by atoms with Crippen LogP contribution < -0.4 is 4.74 Å². The molecule has 0 unspecified atom stereocenters. The van der Waals surface area contributed by atoms with Gasteiger partial charge in [-0.3, -0.25) is 4.90 Å². The Balaban J connectivity index is 1.87. The first-order valence-electron chi connectivity index (χ1n) is 9.59. The van der Waals surface area contributed by atoms with E-state index < -0.39 is 48.8 Å². The van der Waals surface area contributed by atoms with Gasteiger partial charge < -0.3 is 39.7 Å². The van der Waals surface area contributed by atoms with Gasteiger partial charge in [-0.15, -0.1) is 0 Å². The van der Waals surface area contributed by atoms with E-state index in [1.807, 2.05) is 0 Å². The fourth-order valence-electron chi connectivity index (χ4n) is 4.43. The average Bonchev–Trinajstić information content (AvgIpc) is 3.21. The first-order valence-corrected chi connectivity index (χ1v) is 9.59. The summed E-state index contributed by atoms with van der Waals surface area (Å²) in [5.41, 5.74) is 0.207. The van der Waals surface area contributed by atoms with E-state index >= 15 is 0 Å². The maximum Gasteiger partial charge on any atom is 0.339 e. The number of methoxy groups -OCH3 is 1. The minimum absolute atomic E-state index is 0.0134. The van der Waals surface area contributed by atoms with Crippen LogP contribution in [0.5, 0.6) is 17.2 Å². The lowest BCUT2D eigenvalue weighted by Gasteiger charge is -2.45. The fraction of sp³-hybridized carbons (Fsp3) is 0.632. The van der Waals surface area contributed by atoms with Crippen molar-refractivity contribution in [2.45, 2.75) is 49.9 Å². The molecule has 5 atom stereocenters. The lowest BCUT2D eigenvalue weighted by molar-refractivity contribution is -0.235. The standard InChI is InChI=1S/C19H25NO9/c1-27-17-12(22)8(6-20-4-2-3-5-20)10-11(14(17)24)16-18(29-19(10)26)15(25)13(23)9(7-21)28-16/h9,13,15-16,18,21-25H,2-7H2,1H3/t9-,13-,15+,16-,18+/m1/s1. The number of phenols is 2. The van der Waals surface area contributed by atoms with Gasteiger partial charge in [0, 0.05) is 17.7 Å². The third-order valence-corrected chi connectivity index (χ3v) is 5.93. The van der Waals surface area contributed by atoms with Gasteiger partial charge in [0.15, 0.2) is 17.6 Å². The summed E-state index contributed by atoms with van der Waals surface area (Å²) < 4.78 is 16.2. The Labute approximate surface area is 166 Å². The molecule has 3 aliphatic rings. The smallest absolute Gasteiger partial charge is 0.339 e. The molecule has 29 heavy (non-hydrogen) atoms. The number of hydrogen-bond acceptors (Lipinski definition) is 10. The lowest BCUT2D eigenvalue weighted by atomic mass is 9.84. The third-order valence-electron chi connectivity index (χ3n) is 5.93. The summed E-state index contributed by atoms with van der Waals surface area (Å²) >= 11 is 0. The number of aromatic hydroxyl groups is 2. The summed E-state index contributed by atoms with van der Waals surface area (Å²) in [6, 6.07) is 0. The number of carbonyl (C=O) groups is 1. The van der Waals surface area contributed by atoms with Crippen molar-refractivity contribution in [1.29, 1.82) is 0 Å². The second-order valence-corrected chi connectivity index (χ2v) is 7.61. The Kier molecular flexibility index (Phi) is 5.30. The molecule has 1 aromatic rings. The van der Waals surface area contributed by atoms with Gasteiger partial charge >= 0.3 is 5.97 Å². The summed E-state index contributed by atoms with van der Waals surface area (Å²) in [5.74, 6) is -1.92. The molecule has 160 valence electrons. The van der Waals surface area contributed by atoms with Gasteiger partial charge in [0.1, 0.15) is 24.4 Å². The van der Waals surface area contributed by atoms with Gasteiger partial charge in [-0.2, -0.15) is 0 Å². The van der Waals surface area contributed by atoms with E-state index in [2.05, 4.69) is 4.90 Å². The van der Waals surface area contributed by atoms with E-state index in [9.17, 15) is 30.3 Å². The van der Waals surface area contributed by atoms with Crippen molar-refractivity contribution < 1.29 is 44.5 Å². The SMILES string of the molecule is COc1c(O)c(CN2CCCC2)c2c(c1O)[C@H]1O[C@H](CO)[C@@H](O)[C@H](O)[C@@H]1OC2=O. The van der Waals surface area contributed by atoms with Crippen LogP contribution in [0, 0.1) is 0 Å². The molecule has 0 amide bonds. The molecule has 0 saturated carbocycles. The molecule has 0 bridgehead atoms. The highest BCUT2D eigenvalue weighted by molar-refractivity contribution is 5.97. The van der Waals surface area contributed by atoms with Gasteiger partial charge in [-0.1, -0.05) is 0 Å². The van der Waals surface area contributed by atoms with Crippen LogP contribution in [0.1, 0.15) is 40.4 Å². The zero-order valence-electron chi connectivity index (χ0n) is 15.9. The molecule has 2 saturated heterocycles. The van der Waals surface area contributed by atoms with E-state index in [-0.39, 0.29) is 34.7 Å². The molecule has 0 spiro atoms. The highest BCUT2D eigenvalue weighted by Gasteiger charge is 2.53. The molecule has 5 N–H and O–H groups in total. The Bertz CT molecular complexity index is 808. The monoisotopic (exact) mass is 411 g/mol. The summed E-state index contributed by atoms with van der Waals surface area (Å²) in [7, 11) is 1.27. The van der Waals surface area contributed by atoms with Gasteiger partial charge in [-0.25, -0.2) is 4.79 Å². The molecule has 3 aliphatic heterocycles. The molecule has 0 aromatic heterocycles. The highest BCUT2D eigenvalue weighted by atomic mass is 16.6. The molecule has 0 radical (unpaired) electrons. The Morgan fingerprint density at radius 2 is 1.83 bits per heavy atom. The predicted octanol–water partition coefficient (Wildman–Crippen LogP) is -0.605. The van der Waals surface area contributed by atoms with E-state index in [0.717, 1.165) is 25.9 Å². The van der Waals surface area contributed by atoms with Crippen molar-refractivity contribution in [3.63, 3.8) is 0 Å². The van der Waals surface area contributed by atoms with E-state index in [1.165, 1.54) is 7.11 Å². The number of ether oxygens (including phenoxy) is 3. The maximum atomic E-state index is 12.8. The molecule has 4 rings (SSSR count). The number of fused-ring (bicyclic) bond motifs is 3. The zero-order chi connectivity index (χ0) is 20.9. The Morgan fingerprint density at radius 3 is 2.45 bits per heavy atom. The number of nitrogens with zero attached hydrogens (tertiary/aromatic N) is 1. The van der Waals surface area contributed by atoms with Crippen LogP contribution in [-0.4, -0.2) is 87.6 Å². The molecular weight excluding hydrogens is 386 g/mol. The van der Waals surface area contributed by atoms with Crippen molar-refractivity contribution in [3.8, 4) is 17.2 Å². The second-order valence-electron chi connectivity index (χ2n) is 7.61. The lowest BCUT2D eigenvalue weighted by Crippen LogP contribution is -2.58. The molecular formula is C19H25NO9. The molecule has 3 heterocycles. The second kappa shape index (κ2) is 7.62. The van der Waals surface area contributed by atoms with Crippen molar-refractivity contribution in [3.05, 3.63) is 16.7 Å². The first-order chi connectivity index (χ1) is 13.9. The van der Waals surface area contributed by atoms with Crippen molar-refractivity contribution in [2.24, 2.45) is 0 Å². The number of rotatable bonds is 4. The van der Waals surface area contributed by atoms with Crippen LogP contribution in [0.2, 0.25) is 0 Å². The van der Waals surface area contributed by atoms with Crippen molar-refractivity contribution in [2.75, 3.05) is 26.8 Å². The Morgan fingerprint density at radius 1 is 1.14 bits per heavy atom. The molecule has 10 nitrogen and oxygen atoms in total. The number of aliphatic hydroxyl groups excluding tert-OH is 3. The fourth-order valence-corrected chi connectivity index (χ4v) is 4.43. The van der Waals surface area contributed by atoms with Crippen LogP contribution in [0.4, 0.5) is 0 Å². The van der Waals surface area contributed by atoms with Gasteiger partial charge in [0.05, 0.1) is 19.3 Å². The van der Waals surface area contributed by atoms with Crippen molar-refractivity contribution >= 4 is 5.97 Å². The first kappa shape index (κ1) is 20.2. The van der Waals surface area contributed by atoms with Gasteiger partial charge in [0.25, 0.3) is 0 Å². The van der Waals surface area contributed by atoms with Crippen molar-refractivity contribution in [1.82, 2.24) is 4.90 Å². The predicted molar refractivity (Wildman–Crippen MR) is 96.8 cm³/mol. The summed E-state index contributed by atoms with van der Waals surface area (Å²) in [6.45, 7) is 1.26. The van der Waals surface area contributed by atoms with E-state index in [1.54, 1.807) is 0 Å². The number of hydrogen-bond donors (Lipinski definition) is 5. The summed E-state index contributed by atoms with van der Waals surface area (Å²) in [4.78, 5) is 14.9. The highest BCUT2D eigenvalue weighted by Crippen LogP contribution is 2.52. The number of carbonyl (C=O) groups excluding carboxylic acids is 1. The van der Waals surface area contributed by atoms with Gasteiger partial charge in [0.2, 0.25) is 5.75 Å². The molecule has 10 heteroatoms. The average molecular weight is 411 g/mol. The number of esters is 1. The molecule has 0 aliphatic carbocycles. The number of phenolic OH excluding ortho intramolecular Hbond substituents is 2. The van der Waals surface area contributed by atoms with Crippen LogP contribution in [0.15, 0.2) is 0 Å². The molecule has 2 fully saturated rings. The topological polar surface area (TPSA) is 149 Å². The van der Waals surface area contributed by atoms with Crippen LogP contribution in [0.25, 0.3) is 0 Å². The summed E-state index contributed by atoms with van der Waals surface area (Å²) in [5, 5.41) is 51.5. The minimum atomic E-state index is -1.52. The Hall–Kier alpha value is -2.11. The largest absolute Gasteiger partial charge is 0.504 e. The quantitative estimate of drug-likeness (QED) is 0.406. The zero-order valence-corrected chi connectivity index (χ0v) is 15.9. The number of aliphatic hydroxyl groups is 3. The third kappa shape index (κ3) is 3.11. The van der Waals surface area contributed by atoms with E-state index in [0.29, 0.717) is 0 Å². The van der Waals surface area contributed by atoms with Gasteiger partial charge in [-0.05, 0) is 25.9 Å². The number of likely N-dealkylation sites (tertiary alicyclic amines) is 1. The number of benzene rings is 1. The van der Waals surface area contributed by atoms with Crippen LogP contribution in [0.3, 0.4) is 0 Å². The van der Waals surface area contributed by atoms with E-state index in [4.69, 9.17) is 14.2 Å². The van der Waals surface area contributed by atoms with Crippen LogP contribution >= 0.6 is 0 Å². The minimum Gasteiger partial charge on any atom is -0.504 e. The van der Waals surface area contributed by atoms with Crippen LogP contribution in [-0.2, 0) is 16.0 Å².